The van der Waals surface area contributed by atoms with Crippen LogP contribution in [-0.2, 0) is 6.42 Å². The number of benzene rings is 2. The molecule has 0 aromatic heterocycles. The molecule has 2 aromatic carbocycles. The number of carbonyl (C=O) groups is 1. The summed E-state index contributed by atoms with van der Waals surface area (Å²) in [5, 5.41) is 3.13. The summed E-state index contributed by atoms with van der Waals surface area (Å²) in [6, 6.07) is 18.9. The van der Waals surface area contributed by atoms with E-state index in [0.29, 0.717) is 0 Å². The van der Waals surface area contributed by atoms with Crippen molar-refractivity contribution in [3.63, 3.8) is 0 Å². The second-order valence-corrected chi connectivity index (χ2v) is 6.58. The molecular formula is C21H27N3O. The van der Waals surface area contributed by atoms with Gasteiger partial charge in [0.25, 0.3) is 0 Å². The Morgan fingerprint density at radius 2 is 1.64 bits per heavy atom. The van der Waals surface area contributed by atoms with E-state index in [-0.39, 0.29) is 12.1 Å². The van der Waals surface area contributed by atoms with Crippen LogP contribution >= 0.6 is 0 Å². The van der Waals surface area contributed by atoms with Crippen molar-refractivity contribution in [1.29, 1.82) is 0 Å². The molecule has 1 fully saturated rings. The van der Waals surface area contributed by atoms with Gasteiger partial charge in [0.1, 0.15) is 0 Å². The summed E-state index contributed by atoms with van der Waals surface area (Å²) in [7, 11) is 0. The monoisotopic (exact) mass is 337 g/mol. The number of aryl methyl sites for hydroxylation is 1. The number of anilines is 1. The zero-order valence-corrected chi connectivity index (χ0v) is 15.1. The van der Waals surface area contributed by atoms with Gasteiger partial charge in [-0.1, -0.05) is 49.4 Å². The normalized spacial score (nSPS) is 15.8. The number of urea groups is 1. The maximum atomic E-state index is 12.5. The summed E-state index contributed by atoms with van der Waals surface area (Å²) < 4.78 is 0. The first-order valence-electron chi connectivity index (χ1n) is 9.11. The van der Waals surface area contributed by atoms with Crippen molar-refractivity contribution in [3.05, 3.63) is 65.7 Å². The van der Waals surface area contributed by atoms with Crippen molar-refractivity contribution >= 4 is 11.7 Å². The van der Waals surface area contributed by atoms with Gasteiger partial charge in [0.15, 0.2) is 0 Å². The Hall–Kier alpha value is -2.49. The Morgan fingerprint density at radius 1 is 1.00 bits per heavy atom. The first-order valence-corrected chi connectivity index (χ1v) is 9.11. The molecule has 1 aliphatic rings. The smallest absolute Gasteiger partial charge is 0.317 e. The largest absolute Gasteiger partial charge is 0.368 e. The number of para-hydroxylation sites is 1. The fourth-order valence-corrected chi connectivity index (χ4v) is 3.21. The Labute approximate surface area is 150 Å². The molecule has 25 heavy (non-hydrogen) atoms. The number of hydrogen-bond donors (Lipinski definition) is 1. The Kier molecular flexibility index (Phi) is 5.59. The van der Waals surface area contributed by atoms with E-state index in [9.17, 15) is 4.79 Å². The average molecular weight is 337 g/mol. The van der Waals surface area contributed by atoms with Gasteiger partial charge in [0, 0.05) is 31.9 Å². The molecule has 4 nitrogen and oxygen atoms in total. The van der Waals surface area contributed by atoms with Crippen LogP contribution < -0.4 is 10.2 Å². The molecule has 1 N–H and O–H groups in total. The summed E-state index contributed by atoms with van der Waals surface area (Å²) in [6.45, 7) is 7.44. The van der Waals surface area contributed by atoms with Gasteiger partial charge in [0.2, 0.25) is 0 Å². The minimum Gasteiger partial charge on any atom is -0.368 e. The van der Waals surface area contributed by atoms with E-state index >= 15 is 0 Å². The zero-order valence-electron chi connectivity index (χ0n) is 15.1. The third kappa shape index (κ3) is 4.32. The number of carbonyl (C=O) groups excluding carboxylic acids is 1. The number of nitrogens with zero attached hydrogens (tertiary/aromatic N) is 2. The van der Waals surface area contributed by atoms with Crippen LogP contribution in [-0.4, -0.2) is 37.1 Å². The lowest BCUT2D eigenvalue weighted by Gasteiger charge is -2.36. The average Bonchev–Trinajstić information content (AvgIpc) is 2.68. The zero-order chi connectivity index (χ0) is 17.6. The van der Waals surface area contributed by atoms with E-state index in [1.165, 1.54) is 11.3 Å². The van der Waals surface area contributed by atoms with Crippen molar-refractivity contribution < 1.29 is 4.79 Å². The molecule has 1 unspecified atom stereocenters. The highest BCUT2D eigenvalue weighted by Gasteiger charge is 2.22. The number of piperazine rings is 1. The highest BCUT2D eigenvalue weighted by Crippen LogP contribution is 2.17. The minimum atomic E-state index is 0.0190. The fourth-order valence-electron chi connectivity index (χ4n) is 3.21. The first-order chi connectivity index (χ1) is 12.2. The predicted molar refractivity (Wildman–Crippen MR) is 103 cm³/mol. The molecular weight excluding hydrogens is 310 g/mol. The second-order valence-electron chi connectivity index (χ2n) is 6.58. The molecule has 1 atom stereocenters. The van der Waals surface area contributed by atoms with Gasteiger partial charge in [-0.3, -0.25) is 0 Å². The maximum Gasteiger partial charge on any atom is 0.317 e. The number of nitrogens with one attached hydrogen (secondary N) is 1. The highest BCUT2D eigenvalue weighted by molar-refractivity contribution is 5.75. The lowest BCUT2D eigenvalue weighted by atomic mass is 10.1. The van der Waals surface area contributed by atoms with E-state index < -0.39 is 0 Å². The molecule has 0 radical (unpaired) electrons. The molecule has 132 valence electrons. The van der Waals surface area contributed by atoms with E-state index in [1.54, 1.807) is 0 Å². The Morgan fingerprint density at radius 3 is 2.24 bits per heavy atom. The lowest BCUT2D eigenvalue weighted by Crippen LogP contribution is -2.52. The molecule has 2 amide bonds. The van der Waals surface area contributed by atoms with E-state index in [2.05, 4.69) is 65.7 Å². The molecule has 1 saturated heterocycles. The number of amides is 2. The quantitative estimate of drug-likeness (QED) is 0.920. The highest BCUT2D eigenvalue weighted by atomic mass is 16.2. The molecule has 1 heterocycles. The van der Waals surface area contributed by atoms with Crippen LogP contribution in [0.5, 0.6) is 0 Å². The molecule has 3 rings (SSSR count). The van der Waals surface area contributed by atoms with Crippen LogP contribution in [0.15, 0.2) is 54.6 Å². The standard InChI is InChI=1S/C21H27N3O/c1-3-18-9-11-19(12-10-18)17(2)22-21(25)24-15-13-23(14-16-24)20-7-5-4-6-8-20/h4-12,17H,3,13-16H2,1-2H3,(H,22,25). The SMILES string of the molecule is CCc1ccc(C(C)NC(=O)N2CCN(c3ccccc3)CC2)cc1. The molecule has 0 aliphatic carbocycles. The van der Waals surface area contributed by atoms with Crippen molar-refractivity contribution in [2.24, 2.45) is 0 Å². The molecule has 0 bridgehead atoms. The van der Waals surface area contributed by atoms with Gasteiger partial charge in [-0.25, -0.2) is 4.79 Å². The Balaban J connectivity index is 1.52. The molecule has 1 aliphatic heterocycles. The van der Waals surface area contributed by atoms with Gasteiger partial charge in [0.05, 0.1) is 6.04 Å². The van der Waals surface area contributed by atoms with Crippen LogP contribution in [0.4, 0.5) is 10.5 Å². The van der Waals surface area contributed by atoms with Crippen molar-refractivity contribution in [2.45, 2.75) is 26.3 Å². The van der Waals surface area contributed by atoms with Gasteiger partial charge < -0.3 is 15.1 Å². The number of hydrogen-bond acceptors (Lipinski definition) is 2. The summed E-state index contributed by atoms with van der Waals surface area (Å²) in [5.41, 5.74) is 3.69. The van der Waals surface area contributed by atoms with Crippen molar-refractivity contribution in [3.8, 4) is 0 Å². The van der Waals surface area contributed by atoms with Crippen molar-refractivity contribution in [1.82, 2.24) is 10.2 Å². The summed E-state index contributed by atoms with van der Waals surface area (Å²) in [4.78, 5) is 16.8. The third-order valence-corrected chi connectivity index (χ3v) is 4.92. The summed E-state index contributed by atoms with van der Waals surface area (Å²) in [6.07, 6.45) is 1.03. The number of rotatable bonds is 4. The molecule has 2 aromatic rings. The van der Waals surface area contributed by atoms with Crippen LogP contribution in [0.25, 0.3) is 0 Å². The lowest BCUT2D eigenvalue weighted by molar-refractivity contribution is 0.191. The fraction of sp³-hybridized carbons (Fsp3) is 0.381. The van der Waals surface area contributed by atoms with Crippen LogP contribution in [0, 0.1) is 0 Å². The summed E-state index contributed by atoms with van der Waals surface area (Å²) in [5.74, 6) is 0. The molecule has 0 saturated carbocycles. The van der Waals surface area contributed by atoms with Crippen LogP contribution in [0.2, 0.25) is 0 Å². The van der Waals surface area contributed by atoms with E-state index in [4.69, 9.17) is 0 Å². The Bertz CT molecular complexity index is 676. The van der Waals surface area contributed by atoms with Gasteiger partial charge in [-0.2, -0.15) is 0 Å². The van der Waals surface area contributed by atoms with E-state index in [1.807, 2.05) is 17.9 Å². The predicted octanol–water partition coefficient (Wildman–Crippen LogP) is 3.84. The summed E-state index contributed by atoms with van der Waals surface area (Å²) >= 11 is 0. The molecule has 0 spiro atoms. The minimum absolute atomic E-state index is 0.0190. The second kappa shape index (κ2) is 8.06. The molecule has 4 heteroatoms. The third-order valence-electron chi connectivity index (χ3n) is 4.92. The first kappa shape index (κ1) is 17.3. The van der Waals surface area contributed by atoms with Gasteiger partial charge in [-0.05, 0) is 36.6 Å². The van der Waals surface area contributed by atoms with Gasteiger partial charge >= 0.3 is 6.03 Å². The van der Waals surface area contributed by atoms with Gasteiger partial charge in [-0.15, -0.1) is 0 Å². The topological polar surface area (TPSA) is 35.6 Å². The van der Waals surface area contributed by atoms with E-state index in [0.717, 1.165) is 38.2 Å². The maximum absolute atomic E-state index is 12.5. The van der Waals surface area contributed by atoms with Crippen LogP contribution in [0.1, 0.15) is 31.0 Å². The van der Waals surface area contributed by atoms with Crippen molar-refractivity contribution in [2.75, 3.05) is 31.1 Å². The van der Waals surface area contributed by atoms with Crippen LogP contribution in [0.3, 0.4) is 0 Å².